The van der Waals surface area contributed by atoms with E-state index in [1.54, 1.807) is 0 Å². The largest absolute Gasteiger partial charge is 0.468 e. The lowest BCUT2D eigenvalue weighted by atomic mass is 10.2. The van der Waals surface area contributed by atoms with E-state index in [0.717, 1.165) is 26.2 Å². The highest BCUT2D eigenvalue weighted by Crippen LogP contribution is 1.98. The number of nitrogens with one attached hydrogen (secondary N) is 1. The van der Waals surface area contributed by atoms with E-state index in [1.165, 1.54) is 20.0 Å². The Kier molecular flexibility index (Phi) is 9.24. The molecule has 1 atom stereocenters. The van der Waals surface area contributed by atoms with Gasteiger partial charge in [-0.1, -0.05) is 27.2 Å². The van der Waals surface area contributed by atoms with Crippen molar-refractivity contribution in [2.24, 2.45) is 0 Å². The van der Waals surface area contributed by atoms with Gasteiger partial charge >= 0.3 is 5.97 Å². The van der Waals surface area contributed by atoms with Crippen LogP contribution in [-0.2, 0) is 9.53 Å². The van der Waals surface area contributed by atoms with Gasteiger partial charge in [-0.25, -0.2) is 0 Å². The molecule has 96 valence electrons. The van der Waals surface area contributed by atoms with Crippen molar-refractivity contribution in [2.45, 2.75) is 39.7 Å². The molecule has 0 saturated heterocycles. The Labute approximate surface area is 99.3 Å². The van der Waals surface area contributed by atoms with E-state index >= 15 is 0 Å². The zero-order chi connectivity index (χ0) is 12.4. The van der Waals surface area contributed by atoms with Crippen LogP contribution in [0.1, 0.15) is 33.6 Å². The topological polar surface area (TPSA) is 41.6 Å². The van der Waals surface area contributed by atoms with Crippen molar-refractivity contribution >= 4 is 5.97 Å². The van der Waals surface area contributed by atoms with E-state index in [1.807, 2.05) is 6.92 Å². The van der Waals surface area contributed by atoms with E-state index in [9.17, 15) is 4.79 Å². The summed E-state index contributed by atoms with van der Waals surface area (Å²) in [5.74, 6) is -0.170. The molecule has 0 aliphatic carbocycles. The first-order valence-electron chi connectivity index (χ1n) is 6.23. The fourth-order valence-electron chi connectivity index (χ4n) is 1.63. The predicted molar refractivity (Wildman–Crippen MR) is 66.5 cm³/mol. The lowest BCUT2D eigenvalue weighted by Gasteiger charge is -2.25. The summed E-state index contributed by atoms with van der Waals surface area (Å²) in [4.78, 5) is 13.8. The fourth-order valence-corrected chi connectivity index (χ4v) is 1.63. The SMILES string of the molecule is CCCCN(CC)CC(NCC)C(=O)OC. The average Bonchev–Trinajstić information content (AvgIpc) is 2.32. The molecule has 0 aromatic heterocycles. The number of rotatable bonds is 9. The number of ether oxygens (including phenoxy) is 1. The number of nitrogens with zero attached hydrogens (tertiary/aromatic N) is 1. The first-order valence-corrected chi connectivity index (χ1v) is 6.23. The van der Waals surface area contributed by atoms with Gasteiger partial charge in [-0.05, 0) is 26.1 Å². The fraction of sp³-hybridized carbons (Fsp3) is 0.917. The van der Waals surface area contributed by atoms with Gasteiger partial charge < -0.3 is 15.0 Å². The minimum Gasteiger partial charge on any atom is -0.468 e. The predicted octanol–water partition coefficient (Wildman–Crippen LogP) is 1.26. The number of unbranched alkanes of at least 4 members (excludes halogenated alkanes) is 1. The molecule has 0 heterocycles. The number of likely N-dealkylation sites (N-methyl/N-ethyl adjacent to an activating group) is 2. The smallest absolute Gasteiger partial charge is 0.324 e. The van der Waals surface area contributed by atoms with Gasteiger partial charge in [0.25, 0.3) is 0 Å². The van der Waals surface area contributed by atoms with Crippen LogP contribution >= 0.6 is 0 Å². The Bertz CT molecular complexity index is 186. The summed E-state index contributed by atoms with van der Waals surface area (Å²) in [7, 11) is 1.44. The Hall–Kier alpha value is -0.610. The summed E-state index contributed by atoms with van der Waals surface area (Å²) >= 11 is 0. The van der Waals surface area contributed by atoms with Crippen LogP contribution in [-0.4, -0.2) is 50.2 Å². The summed E-state index contributed by atoms with van der Waals surface area (Å²) in [6, 6.07) is -0.202. The van der Waals surface area contributed by atoms with Gasteiger partial charge in [0.05, 0.1) is 7.11 Å². The second kappa shape index (κ2) is 9.60. The third kappa shape index (κ3) is 6.08. The maximum atomic E-state index is 11.5. The van der Waals surface area contributed by atoms with Crippen LogP contribution < -0.4 is 5.32 Å². The maximum Gasteiger partial charge on any atom is 0.324 e. The molecule has 0 fully saturated rings. The number of carbonyl (C=O) groups excluding carboxylic acids is 1. The van der Waals surface area contributed by atoms with Crippen molar-refractivity contribution in [3.05, 3.63) is 0 Å². The summed E-state index contributed by atoms with van der Waals surface area (Å²) in [5, 5.41) is 3.16. The van der Waals surface area contributed by atoms with Gasteiger partial charge in [-0.3, -0.25) is 4.79 Å². The van der Waals surface area contributed by atoms with Crippen molar-refractivity contribution in [1.29, 1.82) is 0 Å². The molecular formula is C12H26N2O2. The second-order valence-corrected chi connectivity index (χ2v) is 3.88. The zero-order valence-corrected chi connectivity index (χ0v) is 11.1. The zero-order valence-electron chi connectivity index (χ0n) is 11.1. The summed E-state index contributed by atoms with van der Waals surface area (Å²) in [6.07, 6.45) is 2.36. The number of hydrogen-bond donors (Lipinski definition) is 1. The molecule has 16 heavy (non-hydrogen) atoms. The highest BCUT2D eigenvalue weighted by molar-refractivity contribution is 5.75. The first kappa shape index (κ1) is 15.4. The minimum atomic E-state index is -0.202. The molecule has 0 rings (SSSR count). The first-order chi connectivity index (χ1) is 7.69. The third-order valence-electron chi connectivity index (χ3n) is 2.65. The highest BCUT2D eigenvalue weighted by atomic mass is 16.5. The van der Waals surface area contributed by atoms with Crippen LogP contribution in [0, 0.1) is 0 Å². The van der Waals surface area contributed by atoms with Gasteiger partial charge in [-0.15, -0.1) is 0 Å². The number of hydrogen-bond acceptors (Lipinski definition) is 4. The van der Waals surface area contributed by atoms with Crippen molar-refractivity contribution in [3.63, 3.8) is 0 Å². The molecule has 0 aromatic carbocycles. The number of esters is 1. The average molecular weight is 230 g/mol. The maximum absolute atomic E-state index is 11.5. The summed E-state index contributed by atoms with van der Waals surface area (Å²) in [6.45, 7) is 9.83. The van der Waals surface area contributed by atoms with Crippen LogP contribution in [0.2, 0.25) is 0 Å². The van der Waals surface area contributed by atoms with Crippen LogP contribution in [0.25, 0.3) is 0 Å². The van der Waals surface area contributed by atoms with Crippen LogP contribution in [0.3, 0.4) is 0 Å². The van der Waals surface area contributed by atoms with E-state index in [4.69, 9.17) is 4.74 Å². The van der Waals surface area contributed by atoms with Gasteiger partial charge in [0, 0.05) is 6.54 Å². The number of carbonyl (C=O) groups is 1. The lowest BCUT2D eigenvalue weighted by molar-refractivity contribution is -0.143. The van der Waals surface area contributed by atoms with Crippen molar-refractivity contribution < 1.29 is 9.53 Å². The molecule has 0 amide bonds. The Balaban J connectivity index is 4.16. The molecule has 0 spiro atoms. The molecule has 1 N–H and O–H groups in total. The van der Waals surface area contributed by atoms with Crippen molar-refractivity contribution in [2.75, 3.05) is 33.3 Å². The normalized spacial score (nSPS) is 12.8. The molecule has 0 radical (unpaired) electrons. The van der Waals surface area contributed by atoms with Crippen molar-refractivity contribution in [1.82, 2.24) is 10.2 Å². The molecule has 0 aliphatic heterocycles. The molecule has 4 heteroatoms. The Morgan fingerprint density at radius 3 is 2.50 bits per heavy atom. The molecule has 0 saturated carbocycles. The van der Waals surface area contributed by atoms with Crippen LogP contribution in [0.5, 0.6) is 0 Å². The van der Waals surface area contributed by atoms with Crippen LogP contribution in [0.4, 0.5) is 0 Å². The lowest BCUT2D eigenvalue weighted by Crippen LogP contribution is -2.46. The van der Waals surface area contributed by atoms with Crippen molar-refractivity contribution in [3.8, 4) is 0 Å². The standard InChI is InChI=1S/C12H26N2O2/c1-5-8-9-14(7-3)10-11(13-6-2)12(15)16-4/h11,13H,5-10H2,1-4H3. The Morgan fingerprint density at radius 2 is 2.06 bits per heavy atom. The molecular weight excluding hydrogens is 204 g/mol. The monoisotopic (exact) mass is 230 g/mol. The minimum absolute atomic E-state index is 0.170. The van der Waals surface area contributed by atoms with E-state index in [2.05, 4.69) is 24.1 Å². The van der Waals surface area contributed by atoms with Gasteiger partial charge in [0.2, 0.25) is 0 Å². The molecule has 0 aromatic rings. The molecule has 0 bridgehead atoms. The molecule has 0 aliphatic rings. The van der Waals surface area contributed by atoms with E-state index in [0.29, 0.717) is 0 Å². The van der Waals surface area contributed by atoms with E-state index in [-0.39, 0.29) is 12.0 Å². The van der Waals surface area contributed by atoms with Gasteiger partial charge in [0.15, 0.2) is 0 Å². The summed E-state index contributed by atoms with van der Waals surface area (Å²) in [5.41, 5.74) is 0. The summed E-state index contributed by atoms with van der Waals surface area (Å²) < 4.78 is 4.79. The number of methoxy groups -OCH3 is 1. The quantitative estimate of drug-likeness (QED) is 0.606. The molecule has 1 unspecified atom stereocenters. The third-order valence-corrected chi connectivity index (χ3v) is 2.65. The van der Waals surface area contributed by atoms with E-state index < -0.39 is 0 Å². The highest BCUT2D eigenvalue weighted by Gasteiger charge is 2.20. The van der Waals surface area contributed by atoms with Crippen LogP contribution in [0.15, 0.2) is 0 Å². The Morgan fingerprint density at radius 1 is 1.38 bits per heavy atom. The van der Waals surface area contributed by atoms with Gasteiger partial charge in [-0.2, -0.15) is 0 Å². The second-order valence-electron chi connectivity index (χ2n) is 3.88. The molecule has 4 nitrogen and oxygen atoms in total. The van der Waals surface area contributed by atoms with Gasteiger partial charge in [0.1, 0.15) is 6.04 Å².